The minimum Gasteiger partial charge on any atom is -0.488 e. The maximum Gasteiger partial charge on any atom is 0.139 e. The molecule has 0 atom stereocenters. The van der Waals surface area contributed by atoms with Gasteiger partial charge in [0.25, 0.3) is 0 Å². The van der Waals surface area contributed by atoms with E-state index in [0.29, 0.717) is 23.4 Å². The van der Waals surface area contributed by atoms with Crippen molar-refractivity contribution in [3.05, 3.63) is 35.6 Å². The van der Waals surface area contributed by atoms with E-state index >= 15 is 0 Å². The summed E-state index contributed by atoms with van der Waals surface area (Å²) in [6, 6.07) is 2.18. The Kier molecular flexibility index (Phi) is 5.29. The van der Waals surface area contributed by atoms with Crippen LogP contribution in [0.15, 0.2) is 30.6 Å². The second-order valence-corrected chi connectivity index (χ2v) is 4.35. The van der Waals surface area contributed by atoms with Crippen molar-refractivity contribution in [3.8, 4) is 5.75 Å². The topological polar surface area (TPSA) is 34.1 Å². The zero-order valence-corrected chi connectivity index (χ0v) is 10.4. The molecule has 0 aromatic carbocycles. The summed E-state index contributed by atoms with van der Waals surface area (Å²) in [7, 11) is 0. The lowest BCUT2D eigenvalue weighted by molar-refractivity contribution is 0.346. The molecule has 1 aromatic rings. The normalized spacial score (nSPS) is 10.5. The Labute approximate surface area is 101 Å². The van der Waals surface area contributed by atoms with Crippen LogP contribution in [0.25, 0.3) is 0 Å². The van der Waals surface area contributed by atoms with Gasteiger partial charge in [-0.15, -0.1) is 0 Å². The first-order valence-corrected chi connectivity index (χ1v) is 5.59. The molecule has 0 saturated heterocycles. The van der Waals surface area contributed by atoms with Crippen LogP contribution in [-0.4, -0.2) is 24.2 Å². The van der Waals surface area contributed by atoms with Gasteiger partial charge >= 0.3 is 0 Å². The first-order valence-electron chi connectivity index (χ1n) is 5.21. The number of nitrogens with zero attached hydrogens (tertiary/aromatic N) is 1. The van der Waals surface area contributed by atoms with Crippen molar-refractivity contribution in [1.82, 2.24) is 10.3 Å². The summed E-state index contributed by atoms with van der Waals surface area (Å²) >= 11 is 5.79. The van der Waals surface area contributed by atoms with Gasteiger partial charge in [-0.2, -0.15) is 0 Å². The van der Waals surface area contributed by atoms with E-state index < -0.39 is 0 Å². The molecule has 0 radical (unpaired) electrons. The predicted molar refractivity (Wildman–Crippen MR) is 67.0 cm³/mol. The van der Waals surface area contributed by atoms with Crippen LogP contribution in [0.2, 0.25) is 5.02 Å². The third-order valence-corrected chi connectivity index (χ3v) is 2.09. The van der Waals surface area contributed by atoms with Gasteiger partial charge in [0.2, 0.25) is 0 Å². The summed E-state index contributed by atoms with van der Waals surface area (Å²) in [5.74, 6) is 0.665. The highest BCUT2D eigenvalue weighted by molar-refractivity contribution is 6.30. The molecule has 0 aliphatic rings. The minimum atomic E-state index is 0.449. The molecule has 0 bridgehead atoms. The third kappa shape index (κ3) is 5.14. The zero-order chi connectivity index (χ0) is 12.0. The van der Waals surface area contributed by atoms with Crippen LogP contribution in [-0.2, 0) is 0 Å². The summed E-state index contributed by atoms with van der Waals surface area (Å²) in [4.78, 5) is 3.93. The van der Waals surface area contributed by atoms with Gasteiger partial charge in [0.15, 0.2) is 0 Å². The number of nitrogens with one attached hydrogen (secondary N) is 1. The average Bonchev–Trinajstić information content (AvgIpc) is 2.23. The lowest BCUT2D eigenvalue weighted by atomic mass is 10.3. The largest absolute Gasteiger partial charge is 0.488 e. The molecule has 4 heteroatoms. The molecule has 0 spiro atoms. The number of aromatic nitrogens is 1. The van der Waals surface area contributed by atoms with Gasteiger partial charge < -0.3 is 10.1 Å². The monoisotopic (exact) mass is 240 g/mol. The molecule has 1 rings (SSSR count). The SMILES string of the molecule is C=C(CNC(C)C)COc1cncc(Cl)c1. The van der Waals surface area contributed by atoms with Crippen molar-refractivity contribution in [2.24, 2.45) is 0 Å². The molecule has 1 aromatic heterocycles. The Morgan fingerprint density at radius 2 is 2.31 bits per heavy atom. The van der Waals surface area contributed by atoms with Gasteiger partial charge in [0.1, 0.15) is 12.4 Å². The minimum absolute atomic E-state index is 0.449. The first-order chi connectivity index (χ1) is 7.58. The number of halogens is 1. The van der Waals surface area contributed by atoms with Crippen molar-refractivity contribution >= 4 is 11.6 Å². The molecule has 0 saturated carbocycles. The standard InChI is InChI=1S/C12H17ClN2O/c1-9(2)15-5-10(3)8-16-12-4-11(13)6-14-7-12/h4,6-7,9,15H,3,5,8H2,1-2H3. The summed E-state index contributed by atoms with van der Waals surface area (Å²) in [6.45, 7) is 9.34. The molecule has 0 fully saturated rings. The van der Waals surface area contributed by atoms with Crippen LogP contribution in [0.4, 0.5) is 0 Å². The van der Waals surface area contributed by atoms with E-state index in [0.717, 1.165) is 12.1 Å². The highest BCUT2D eigenvalue weighted by Crippen LogP contribution is 2.15. The quantitative estimate of drug-likeness (QED) is 0.777. The fourth-order valence-corrected chi connectivity index (χ4v) is 1.22. The molecule has 88 valence electrons. The van der Waals surface area contributed by atoms with E-state index in [4.69, 9.17) is 16.3 Å². The van der Waals surface area contributed by atoms with Crippen LogP contribution >= 0.6 is 11.6 Å². The average molecular weight is 241 g/mol. The molecular formula is C12H17ClN2O. The number of ether oxygens (including phenoxy) is 1. The first kappa shape index (κ1) is 13.0. The Morgan fingerprint density at radius 1 is 1.56 bits per heavy atom. The van der Waals surface area contributed by atoms with Gasteiger partial charge in [-0.25, -0.2) is 0 Å². The highest BCUT2D eigenvalue weighted by atomic mass is 35.5. The fourth-order valence-electron chi connectivity index (χ4n) is 1.06. The predicted octanol–water partition coefficient (Wildman–Crippen LogP) is 2.67. The van der Waals surface area contributed by atoms with Gasteiger partial charge in [-0.3, -0.25) is 4.98 Å². The molecule has 0 aliphatic carbocycles. The zero-order valence-electron chi connectivity index (χ0n) is 9.66. The summed E-state index contributed by atoms with van der Waals surface area (Å²) in [5, 5.41) is 3.84. The van der Waals surface area contributed by atoms with Gasteiger partial charge in [0.05, 0.1) is 11.2 Å². The van der Waals surface area contributed by atoms with Crippen LogP contribution < -0.4 is 10.1 Å². The maximum absolute atomic E-state index is 5.79. The number of rotatable bonds is 6. The fraction of sp³-hybridized carbons (Fsp3) is 0.417. The number of hydrogen-bond acceptors (Lipinski definition) is 3. The highest BCUT2D eigenvalue weighted by Gasteiger charge is 1.99. The van der Waals surface area contributed by atoms with E-state index in [2.05, 4.69) is 30.7 Å². The molecule has 3 nitrogen and oxygen atoms in total. The Hall–Kier alpha value is -1.06. The van der Waals surface area contributed by atoms with E-state index in [1.165, 1.54) is 0 Å². The van der Waals surface area contributed by atoms with Crippen LogP contribution in [0.1, 0.15) is 13.8 Å². The van der Waals surface area contributed by atoms with Crippen molar-refractivity contribution < 1.29 is 4.74 Å². The molecule has 0 unspecified atom stereocenters. The molecule has 16 heavy (non-hydrogen) atoms. The molecule has 0 amide bonds. The van der Waals surface area contributed by atoms with Gasteiger partial charge in [0, 0.05) is 24.8 Å². The summed E-state index contributed by atoms with van der Waals surface area (Å²) < 4.78 is 5.49. The lowest BCUT2D eigenvalue weighted by Gasteiger charge is -2.11. The second kappa shape index (κ2) is 6.51. The van der Waals surface area contributed by atoms with Crippen molar-refractivity contribution in [2.75, 3.05) is 13.2 Å². The van der Waals surface area contributed by atoms with Crippen LogP contribution in [0.3, 0.4) is 0 Å². The van der Waals surface area contributed by atoms with Crippen molar-refractivity contribution in [2.45, 2.75) is 19.9 Å². The van der Waals surface area contributed by atoms with E-state index in [1.54, 1.807) is 18.5 Å². The Morgan fingerprint density at radius 3 is 2.94 bits per heavy atom. The molecular weight excluding hydrogens is 224 g/mol. The van der Waals surface area contributed by atoms with Gasteiger partial charge in [-0.05, 0) is 5.57 Å². The van der Waals surface area contributed by atoms with Crippen LogP contribution in [0.5, 0.6) is 5.75 Å². The second-order valence-electron chi connectivity index (χ2n) is 3.91. The van der Waals surface area contributed by atoms with E-state index in [1.807, 2.05) is 0 Å². The van der Waals surface area contributed by atoms with E-state index in [9.17, 15) is 0 Å². The van der Waals surface area contributed by atoms with Crippen molar-refractivity contribution in [1.29, 1.82) is 0 Å². The third-order valence-electron chi connectivity index (χ3n) is 1.88. The Balaban J connectivity index is 2.31. The molecule has 1 heterocycles. The number of hydrogen-bond donors (Lipinski definition) is 1. The molecule has 0 aliphatic heterocycles. The lowest BCUT2D eigenvalue weighted by Crippen LogP contribution is -2.26. The van der Waals surface area contributed by atoms with Gasteiger partial charge in [-0.1, -0.05) is 32.0 Å². The molecule has 1 N–H and O–H groups in total. The maximum atomic E-state index is 5.79. The smallest absolute Gasteiger partial charge is 0.139 e. The summed E-state index contributed by atoms with van der Waals surface area (Å²) in [5.41, 5.74) is 0.994. The number of pyridine rings is 1. The Bertz CT molecular complexity index is 353. The van der Waals surface area contributed by atoms with Crippen LogP contribution in [0, 0.1) is 0 Å². The van der Waals surface area contributed by atoms with Crippen molar-refractivity contribution in [3.63, 3.8) is 0 Å². The van der Waals surface area contributed by atoms with E-state index in [-0.39, 0.29) is 0 Å². The summed E-state index contributed by atoms with van der Waals surface area (Å²) in [6.07, 6.45) is 3.21.